The van der Waals surface area contributed by atoms with Crippen molar-refractivity contribution in [1.29, 1.82) is 0 Å². The van der Waals surface area contributed by atoms with E-state index in [-0.39, 0.29) is 17.3 Å². The molecule has 10 nitrogen and oxygen atoms in total. The van der Waals surface area contributed by atoms with Gasteiger partial charge < -0.3 is 5.32 Å². The Morgan fingerprint density at radius 3 is 2.38 bits per heavy atom. The van der Waals surface area contributed by atoms with E-state index >= 15 is 0 Å². The highest BCUT2D eigenvalue weighted by atomic mass is 32.2. The molecule has 0 unspecified atom stereocenters. The molecular formula is C21H23N5O5S. The number of benzene rings is 2. The van der Waals surface area contributed by atoms with Crippen LogP contribution in [0.2, 0.25) is 0 Å². The van der Waals surface area contributed by atoms with E-state index < -0.39 is 20.6 Å². The molecule has 1 heterocycles. The average Bonchev–Trinajstić information content (AvgIpc) is 2.76. The molecule has 0 spiro atoms. The van der Waals surface area contributed by atoms with Crippen LogP contribution in [-0.2, 0) is 10.0 Å². The summed E-state index contributed by atoms with van der Waals surface area (Å²) in [5, 5.41) is 13.8. The number of nitro benzene ring substituents is 1. The lowest BCUT2D eigenvalue weighted by Gasteiger charge is -2.08. The van der Waals surface area contributed by atoms with Gasteiger partial charge in [0.15, 0.2) is 4.90 Å². The minimum atomic E-state index is -4.00. The van der Waals surface area contributed by atoms with Gasteiger partial charge in [-0.15, -0.1) is 0 Å². The molecule has 2 aromatic carbocycles. The number of carbonyl (C=O) groups is 1. The summed E-state index contributed by atoms with van der Waals surface area (Å²) in [7, 11) is -4.00. The topological polar surface area (TPSA) is 144 Å². The van der Waals surface area contributed by atoms with Crippen molar-refractivity contribution in [2.45, 2.75) is 31.6 Å². The SMILES string of the molecule is Cc1nc2ccc(C(=O)NCCCCNS(=O)(=O)c3ccccc3[N+](=O)[O-])cc2nc1C. The first-order chi connectivity index (χ1) is 15.2. The summed E-state index contributed by atoms with van der Waals surface area (Å²) in [4.78, 5) is 31.2. The monoisotopic (exact) mass is 457 g/mol. The largest absolute Gasteiger partial charge is 0.352 e. The lowest BCUT2D eigenvalue weighted by Crippen LogP contribution is -2.27. The van der Waals surface area contributed by atoms with Crippen LogP contribution in [-0.4, -0.2) is 42.3 Å². The van der Waals surface area contributed by atoms with Crippen LogP contribution >= 0.6 is 0 Å². The second-order valence-corrected chi connectivity index (χ2v) is 8.92. The zero-order valence-corrected chi connectivity index (χ0v) is 18.5. The smallest absolute Gasteiger partial charge is 0.289 e. The number of hydrogen-bond acceptors (Lipinski definition) is 7. The number of amides is 1. The summed E-state index contributed by atoms with van der Waals surface area (Å²) in [6.07, 6.45) is 0.971. The molecule has 2 N–H and O–H groups in total. The molecular weight excluding hydrogens is 434 g/mol. The number of para-hydroxylation sites is 1. The normalized spacial score (nSPS) is 11.4. The van der Waals surface area contributed by atoms with Gasteiger partial charge in [-0.05, 0) is 51.0 Å². The number of aromatic nitrogens is 2. The van der Waals surface area contributed by atoms with E-state index in [0.29, 0.717) is 30.5 Å². The maximum Gasteiger partial charge on any atom is 0.289 e. The van der Waals surface area contributed by atoms with Gasteiger partial charge in [-0.1, -0.05) is 12.1 Å². The van der Waals surface area contributed by atoms with E-state index in [1.54, 1.807) is 18.2 Å². The third kappa shape index (κ3) is 5.42. The molecule has 0 aliphatic carbocycles. The maximum absolute atomic E-state index is 12.4. The van der Waals surface area contributed by atoms with Gasteiger partial charge in [-0.2, -0.15) is 0 Å². The molecule has 0 saturated carbocycles. The third-order valence-electron chi connectivity index (χ3n) is 4.87. The molecule has 32 heavy (non-hydrogen) atoms. The van der Waals surface area contributed by atoms with Gasteiger partial charge in [0, 0.05) is 24.7 Å². The van der Waals surface area contributed by atoms with Crippen LogP contribution in [0.1, 0.15) is 34.6 Å². The first-order valence-corrected chi connectivity index (χ1v) is 11.4. The van der Waals surface area contributed by atoms with Crippen LogP contribution < -0.4 is 10.0 Å². The zero-order chi connectivity index (χ0) is 23.3. The van der Waals surface area contributed by atoms with Crippen LogP contribution in [0.25, 0.3) is 11.0 Å². The van der Waals surface area contributed by atoms with Gasteiger partial charge in [0.2, 0.25) is 10.0 Å². The third-order valence-corrected chi connectivity index (χ3v) is 6.38. The van der Waals surface area contributed by atoms with E-state index in [0.717, 1.165) is 23.0 Å². The molecule has 0 bridgehead atoms. The lowest BCUT2D eigenvalue weighted by molar-refractivity contribution is -0.387. The molecule has 168 valence electrons. The Labute approximate surface area is 185 Å². The van der Waals surface area contributed by atoms with Crippen molar-refractivity contribution in [3.05, 3.63) is 69.5 Å². The standard InChI is InChI=1S/C21H23N5O5S/c1-14-15(2)25-18-13-16(9-10-17(18)24-14)21(27)22-11-5-6-12-23-32(30,31)20-8-4-3-7-19(20)26(28)29/h3-4,7-10,13,23H,5-6,11-12H2,1-2H3,(H,22,27). The Balaban J connectivity index is 1.49. The number of hydrogen-bond donors (Lipinski definition) is 2. The molecule has 3 aromatic rings. The van der Waals surface area contributed by atoms with E-state index in [4.69, 9.17) is 0 Å². The van der Waals surface area contributed by atoms with E-state index in [2.05, 4.69) is 20.0 Å². The Bertz CT molecular complexity index is 1280. The molecule has 0 atom stereocenters. The minimum absolute atomic E-state index is 0.0917. The van der Waals surface area contributed by atoms with Crippen molar-refractivity contribution in [3.8, 4) is 0 Å². The molecule has 0 radical (unpaired) electrons. The van der Waals surface area contributed by atoms with Gasteiger partial charge in [0.25, 0.3) is 11.6 Å². The van der Waals surface area contributed by atoms with Gasteiger partial charge >= 0.3 is 0 Å². The molecule has 3 rings (SSSR count). The quantitative estimate of drug-likeness (QED) is 0.285. The second-order valence-electron chi connectivity index (χ2n) is 7.18. The number of nitrogens with zero attached hydrogens (tertiary/aromatic N) is 3. The van der Waals surface area contributed by atoms with Crippen molar-refractivity contribution >= 4 is 32.7 Å². The summed E-state index contributed by atoms with van der Waals surface area (Å²) in [6.45, 7) is 4.18. The van der Waals surface area contributed by atoms with Crippen LogP contribution in [0.15, 0.2) is 47.4 Å². The van der Waals surface area contributed by atoms with Gasteiger partial charge in [-0.3, -0.25) is 14.9 Å². The fraction of sp³-hybridized carbons (Fsp3) is 0.286. The summed E-state index contributed by atoms with van der Waals surface area (Å²) in [5.74, 6) is -0.257. The fourth-order valence-electron chi connectivity index (χ4n) is 3.05. The van der Waals surface area contributed by atoms with Crippen molar-refractivity contribution in [2.24, 2.45) is 0 Å². The summed E-state index contributed by atoms with van der Waals surface area (Å²) in [5.41, 5.74) is 3.00. The molecule has 0 fully saturated rings. The highest BCUT2D eigenvalue weighted by Gasteiger charge is 2.24. The van der Waals surface area contributed by atoms with Crippen LogP contribution in [0.5, 0.6) is 0 Å². The highest BCUT2D eigenvalue weighted by molar-refractivity contribution is 7.89. The molecule has 1 aromatic heterocycles. The zero-order valence-electron chi connectivity index (χ0n) is 17.7. The van der Waals surface area contributed by atoms with Gasteiger partial charge in [-0.25, -0.2) is 23.1 Å². The predicted octanol–water partition coefficient (Wildman–Crippen LogP) is 2.64. The Hall–Kier alpha value is -3.44. The number of fused-ring (bicyclic) bond motifs is 1. The molecule has 1 amide bonds. The van der Waals surface area contributed by atoms with Crippen LogP contribution in [0, 0.1) is 24.0 Å². The molecule has 11 heteroatoms. The lowest BCUT2D eigenvalue weighted by atomic mass is 10.1. The minimum Gasteiger partial charge on any atom is -0.352 e. The number of carbonyl (C=O) groups excluding carboxylic acids is 1. The molecule has 0 aliphatic heterocycles. The highest BCUT2D eigenvalue weighted by Crippen LogP contribution is 2.22. The first kappa shape index (κ1) is 23.2. The van der Waals surface area contributed by atoms with Crippen molar-refractivity contribution in [3.63, 3.8) is 0 Å². The Kier molecular flexibility index (Phi) is 7.11. The Morgan fingerprint density at radius 2 is 1.66 bits per heavy atom. The number of unbranched alkanes of at least 4 members (excludes halogenated alkanes) is 1. The predicted molar refractivity (Wildman–Crippen MR) is 119 cm³/mol. The summed E-state index contributed by atoms with van der Waals surface area (Å²) >= 11 is 0. The van der Waals surface area contributed by atoms with E-state index in [9.17, 15) is 23.3 Å². The van der Waals surface area contributed by atoms with Crippen molar-refractivity contribution in [2.75, 3.05) is 13.1 Å². The van der Waals surface area contributed by atoms with E-state index in [1.165, 1.54) is 18.2 Å². The van der Waals surface area contributed by atoms with Crippen LogP contribution in [0.4, 0.5) is 5.69 Å². The maximum atomic E-state index is 12.4. The fourth-order valence-corrected chi connectivity index (χ4v) is 4.29. The number of sulfonamides is 1. The molecule has 0 saturated heterocycles. The van der Waals surface area contributed by atoms with Crippen molar-refractivity contribution < 1.29 is 18.1 Å². The van der Waals surface area contributed by atoms with Gasteiger partial charge in [0.1, 0.15) is 0 Å². The first-order valence-electron chi connectivity index (χ1n) is 9.95. The molecule has 0 aliphatic rings. The van der Waals surface area contributed by atoms with E-state index in [1.807, 2.05) is 13.8 Å². The second kappa shape index (κ2) is 9.79. The number of aryl methyl sites for hydroxylation is 2. The number of nitro groups is 1. The average molecular weight is 458 g/mol. The van der Waals surface area contributed by atoms with Gasteiger partial charge in [0.05, 0.1) is 27.3 Å². The van der Waals surface area contributed by atoms with Crippen LogP contribution in [0.3, 0.4) is 0 Å². The number of rotatable bonds is 9. The van der Waals surface area contributed by atoms with Crippen molar-refractivity contribution in [1.82, 2.24) is 20.0 Å². The summed E-state index contributed by atoms with van der Waals surface area (Å²) < 4.78 is 27.0. The Morgan fingerprint density at radius 1 is 1.00 bits per heavy atom. The summed E-state index contributed by atoms with van der Waals surface area (Å²) in [6, 6.07) is 10.3. The number of nitrogens with one attached hydrogen (secondary N) is 2.